The van der Waals surface area contributed by atoms with Crippen molar-refractivity contribution in [2.75, 3.05) is 32.1 Å². The van der Waals surface area contributed by atoms with Crippen LogP contribution in [0, 0.1) is 13.8 Å². The summed E-state index contributed by atoms with van der Waals surface area (Å²) in [5.74, 6) is 0.688. The van der Waals surface area contributed by atoms with Crippen LogP contribution in [-0.2, 0) is 0 Å². The largest absolute Gasteiger partial charge is 0.391 e. The van der Waals surface area contributed by atoms with Gasteiger partial charge >= 0.3 is 0 Å². The fraction of sp³-hybridized carbons (Fsp3) is 0.692. The van der Waals surface area contributed by atoms with E-state index in [0.29, 0.717) is 17.5 Å². The Bertz CT molecular complexity index is 466. The van der Waals surface area contributed by atoms with Gasteiger partial charge in [-0.25, -0.2) is 9.97 Å². The summed E-state index contributed by atoms with van der Waals surface area (Å²) in [6, 6.07) is 0.221. The Kier molecular flexibility index (Phi) is 4.28. The van der Waals surface area contributed by atoms with E-state index in [0.717, 1.165) is 24.4 Å². The van der Waals surface area contributed by atoms with Gasteiger partial charge in [-0.2, -0.15) is 0 Å². The van der Waals surface area contributed by atoms with Gasteiger partial charge in [0.25, 0.3) is 0 Å². The first-order valence-electron chi connectivity index (χ1n) is 6.48. The number of rotatable bonds is 3. The number of nitrogens with zero attached hydrogens (tertiary/aromatic N) is 4. The van der Waals surface area contributed by atoms with Gasteiger partial charge in [0.15, 0.2) is 11.0 Å². The molecule has 1 saturated heterocycles. The Morgan fingerprint density at radius 3 is 2.58 bits per heavy atom. The van der Waals surface area contributed by atoms with Crippen LogP contribution in [0.1, 0.15) is 17.8 Å². The summed E-state index contributed by atoms with van der Waals surface area (Å²) >= 11 is 6.22. The van der Waals surface area contributed by atoms with Crippen molar-refractivity contribution in [3.8, 4) is 0 Å². The van der Waals surface area contributed by atoms with Crippen LogP contribution in [0.5, 0.6) is 0 Å². The summed E-state index contributed by atoms with van der Waals surface area (Å²) in [4.78, 5) is 13.1. The quantitative estimate of drug-likeness (QED) is 0.905. The van der Waals surface area contributed by atoms with E-state index in [2.05, 4.69) is 19.8 Å². The molecule has 0 bridgehead atoms. The van der Waals surface area contributed by atoms with Crippen molar-refractivity contribution >= 4 is 17.4 Å². The molecule has 5 nitrogen and oxygen atoms in total. The molecule has 1 N–H and O–H groups in total. The molecule has 1 fully saturated rings. The number of β-amino-alcohol motifs (C(OH)–C–C–N with tert-alkyl or cyclic N) is 1. The minimum Gasteiger partial charge on any atom is -0.391 e. The maximum atomic E-state index is 9.91. The van der Waals surface area contributed by atoms with Crippen molar-refractivity contribution in [3.05, 3.63) is 16.5 Å². The standard InChI is InChI=1S/C13H21ClN4O/c1-8-9(2)16-13(12(14)15-8)18-7-11(19)5-10(18)6-17(3)4/h10-11,19H,5-7H2,1-4H3. The normalized spacial score (nSPS) is 23.4. The van der Waals surface area contributed by atoms with Crippen molar-refractivity contribution in [3.63, 3.8) is 0 Å². The summed E-state index contributed by atoms with van der Waals surface area (Å²) in [6.45, 7) is 5.25. The monoisotopic (exact) mass is 284 g/mol. The average Bonchev–Trinajstić information content (AvgIpc) is 2.63. The lowest BCUT2D eigenvalue weighted by atomic mass is 10.2. The molecule has 1 aliphatic heterocycles. The molecule has 0 aromatic carbocycles. The first-order chi connectivity index (χ1) is 8.88. The second-order valence-electron chi connectivity index (χ2n) is 5.47. The molecule has 2 unspecified atom stereocenters. The minimum atomic E-state index is -0.329. The maximum Gasteiger partial charge on any atom is 0.171 e. The molecular weight excluding hydrogens is 264 g/mol. The smallest absolute Gasteiger partial charge is 0.171 e. The van der Waals surface area contributed by atoms with Gasteiger partial charge in [0.2, 0.25) is 0 Å². The Balaban J connectivity index is 2.31. The number of hydrogen-bond acceptors (Lipinski definition) is 5. The van der Waals surface area contributed by atoms with Crippen LogP contribution >= 0.6 is 11.6 Å². The second-order valence-corrected chi connectivity index (χ2v) is 5.82. The van der Waals surface area contributed by atoms with Crippen LogP contribution in [0.15, 0.2) is 0 Å². The number of anilines is 1. The number of aliphatic hydroxyl groups excluding tert-OH is 1. The molecule has 0 aliphatic carbocycles. The predicted octanol–water partition coefficient (Wildman–Crippen LogP) is 1.25. The molecule has 0 radical (unpaired) electrons. The highest BCUT2D eigenvalue weighted by molar-refractivity contribution is 6.31. The van der Waals surface area contributed by atoms with Crippen LogP contribution in [-0.4, -0.2) is 59.3 Å². The van der Waals surface area contributed by atoms with Gasteiger partial charge in [-0.1, -0.05) is 11.6 Å². The number of likely N-dealkylation sites (N-methyl/N-ethyl adjacent to an activating group) is 1. The van der Waals surface area contributed by atoms with Crippen LogP contribution in [0.2, 0.25) is 5.15 Å². The zero-order valence-corrected chi connectivity index (χ0v) is 12.6. The van der Waals surface area contributed by atoms with Crippen LogP contribution in [0.4, 0.5) is 5.82 Å². The highest BCUT2D eigenvalue weighted by atomic mass is 35.5. The highest BCUT2D eigenvalue weighted by Gasteiger charge is 2.33. The highest BCUT2D eigenvalue weighted by Crippen LogP contribution is 2.30. The number of hydrogen-bond donors (Lipinski definition) is 1. The lowest BCUT2D eigenvalue weighted by Gasteiger charge is -2.28. The molecule has 2 atom stereocenters. The average molecular weight is 285 g/mol. The first kappa shape index (κ1) is 14.5. The Morgan fingerprint density at radius 1 is 1.32 bits per heavy atom. The Labute approximate surface area is 119 Å². The number of aliphatic hydroxyl groups is 1. The van der Waals surface area contributed by atoms with Gasteiger partial charge in [-0.05, 0) is 34.4 Å². The molecule has 1 aromatic rings. The molecule has 2 rings (SSSR count). The summed E-state index contributed by atoms with van der Waals surface area (Å²) in [5, 5.41) is 10.3. The molecule has 2 heterocycles. The summed E-state index contributed by atoms with van der Waals surface area (Å²) in [6.07, 6.45) is 0.410. The van der Waals surface area contributed by atoms with Crippen molar-refractivity contribution in [1.29, 1.82) is 0 Å². The number of halogens is 1. The minimum absolute atomic E-state index is 0.221. The zero-order chi connectivity index (χ0) is 14.2. The van der Waals surface area contributed by atoms with Gasteiger partial charge < -0.3 is 14.9 Å². The zero-order valence-electron chi connectivity index (χ0n) is 11.9. The van der Waals surface area contributed by atoms with Crippen molar-refractivity contribution in [1.82, 2.24) is 14.9 Å². The van der Waals surface area contributed by atoms with E-state index in [-0.39, 0.29) is 12.1 Å². The molecule has 0 spiro atoms. The van der Waals surface area contributed by atoms with Crippen LogP contribution < -0.4 is 4.90 Å². The van der Waals surface area contributed by atoms with Gasteiger partial charge in [0, 0.05) is 19.1 Å². The van der Waals surface area contributed by atoms with Crippen molar-refractivity contribution < 1.29 is 5.11 Å². The SMILES string of the molecule is Cc1nc(Cl)c(N2CC(O)CC2CN(C)C)nc1C. The molecular formula is C13H21ClN4O. The van der Waals surface area contributed by atoms with Gasteiger partial charge in [0.05, 0.1) is 17.5 Å². The topological polar surface area (TPSA) is 52.5 Å². The van der Waals surface area contributed by atoms with Gasteiger partial charge in [-0.15, -0.1) is 0 Å². The van der Waals surface area contributed by atoms with E-state index in [1.54, 1.807) is 0 Å². The predicted molar refractivity (Wildman–Crippen MR) is 76.8 cm³/mol. The van der Waals surface area contributed by atoms with Crippen LogP contribution in [0.3, 0.4) is 0 Å². The van der Waals surface area contributed by atoms with Gasteiger partial charge in [0.1, 0.15) is 0 Å². The second kappa shape index (κ2) is 5.61. The van der Waals surface area contributed by atoms with Crippen LogP contribution in [0.25, 0.3) is 0 Å². The summed E-state index contributed by atoms with van der Waals surface area (Å²) in [7, 11) is 4.05. The van der Waals surface area contributed by atoms with E-state index in [4.69, 9.17) is 11.6 Å². The molecule has 0 saturated carbocycles. The molecule has 6 heteroatoms. The molecule has 106 valence electrons. The van der Waals surface area contributed by atoms with E-state index in [1.165, 1.54) is 0 Å². The summed E-state index contributed by atoms with van der Waals surface area (Å²) < 4.78 is 0. The molecule has 1 aromatic heterocycles. The molecule has 19 heavy (non-hydrogen) atoms. The van der Waals surface area contributed by atoms with E-state index < -0.39 is 0 Å². The number of aromatic nitrogens is 2. The third-order valence-electron chi connectivity index (χ3n) is 3.49. The Hall–Kier alpha value is -0.910. The van der Waals surface area contributed by atoms with Crippen molar-refractivity contribution in [2.45, 2.75) is 32.4 Å². The third kappa shape index (κ3) is 3.16. The van der Waals surface area contributed by atoms with Gasteiger partial charge in [-0.3, -0.25) is 0 Å². The van der Waals surface area contributed by atoms with Crippen molar-refractivity contribution in [2.24, 2.45) is 0 Å². The van der Waals surface area contributed by atoms with E-state index in [1.807, 2.05) is 27.9 Å². The first-order valence-corrected chi connectivity index (χ1v) is 6.86. The third-order valence-corrected chi connectivity index (χ3v) is 3.74. The lowest BCUT2D eigenvalue weighted by molar-refractivity contribution is 0.191. The van der Waals surface area contributed by atoms with E-state index >= 15 is 0 Å². The maximum absolute atomic E-state index is 9.91. The van der Waals surface area contributed by atoms with E-state index in [9.17, 15) is 5.11 Å². The lowest BCUT2D eigenvalue weighted by Crippen LogP contribution is -2.38. The molecule has 1 aliphatic rings. The Morgan fingerprint density at radius 2 is 1.95 bits per heavy atom. The number of aryl methyl sites for hydroxylation is 2. The molecule has 0 amide bonds. The fourth-order valence-corrected chi connectivity index (χ4v) is 2.77. The fourth-order valence-electron chi connectivity index (χ4n) is 2.49. The summed E-state index contributed by atoms with van der Waals surface area (Å²) in [5.41, 5.74) is 1.72.